The third kappa shape index (κ3) is 6.13. The molecule has 7 heteroatoms. The van der Waals surface area contributed by atoms with Gasteiger partial charge in [0.2, 0.25) is 0 Å². The van der Waals surface area contributed by atoms with Gasteiger partial charge in [-0.05, 0) is 17.5 Å². The van der Waals surface area contributed by atoms with Crippen molar-refractivity contribution >= 4 is 12.1 Å². The lowest BCUT2D eigenvalue weighted by Crippen LogP contribution is -2.19. The van der Waals surface area contributed by atoms with E-state index in [9.17, 15) is 9.59 Å². The fourth-order valence-corrected chi connectivity index (χ4v) is 1.23. The fraction of sp³-hybridized carbons (Fsp3) is 0.429. The van der Waals surface area contributed by atoms with Crippen molar-refractivity contribution < 1.29 is 33.9 Å². The van der Waals surface area contributed by atoms with Crippen LogP contribution in [-0.2, 0) is 19.6 Å². The van der Waals surface area contributed by atoms with Crippen LogP contribution in [0.25, 0.3) is 0 Å². The molecule has 1 aromatic rings. The molecule has 7 nitrogen and oxygen atoms in total. The number of para-hydroxylation sites is 1. The minimum Gasteiger partial charge on any atom is -0.496 e. The fourth-order valence-electron chi connectivity index (χ4n) is 1.23. The predicted molar refractivity (Wildman–Crippen MR) is 71.4 cm³/mol. The first-order valence-electron chi connectivity index (χ1n) is 6.19. The summed E-state index contributed by atoms with van der Waals surface area (Å²) in [7, 11) is 1.41. The molecule has 0 aliphatic heterocycles. The summed E-state index contributed by atoms with van der Waals surface area (Å²) in [4.78, 5) is 31.3. The molecule has 0 saturated carbocycles. The van der Waals surface area contributed by atoms with E-state index in [1.54, 1.807) is 18.2 Å². The molecule has 0 amide bonds. The van der Waals surface area contributed by atoms with Crippen molar-refractivity contribution in [1.82, 2.24) is 0 Å². The highest BCUT2D eigenvalue weighted by atomic mass is 17.5. The molecular weight excluding hydrogens is 280 g/mol. The second-order valence-electron chi connectivity index (χ2n) is 5.32. The normalized spacial score (nSPS) is 10.7. The molecule has 0 bridgehead atoms. The lowest BCUT2D eigenvalue weighted by atomic mass is 9.99. The molecule has 0 aromatic heterocycles. The molecule has 1 aromatic carbocycles. The van der Waals surface area contributed by atoms with Gasteiger partial charge in [0.05, 0.1) is 18.8 Å². The van der Waals surface area contributed by atoms with Crippen molar-refractivity contribution in [3.05, 3.63) is 29.8 Å². The molecule has 0 N–H and O–H groups in total. The van der Waals surface area contributed by atoms with Gasteiger partial charge >= 0.3 is 12.1 Å². The van der Waals surface area contributed by atoms with E-state index in [2.05, 4.69) is 14.8 Å². The quantitative estimate of drug-likeness (QED) is 0.469. The molecule has 0 atom stereocenters. The van der Waals surface area contributed by atoms with E-state index in [0.717, 1.165) is 0 Å². The second kappa shape index (κ2) is 7.49. The summed E-state index contributed by atoms with van der Waals surface area (Å²) >= 11 is 0. The second-order valence-corrected chi connectivity index (χ2v) is 5.32. The lowest BCUT2D eigenvalue weighted by Gasteiger charge is -2.16. The average molecular weight is 298 g/mol. The zero-order chi connectivity index (χ0) is 15.9. The van der Waals surface area contributed by atoms with Gasteiger partial charge in [-0.25, -0.2) is 14.5 Å². The van der Waals surface area contributed by atoms with Crippen LogP contribution in [0, 0.1) is 5.41 Å². The number of rotatable bonds is 5. The molecule has 0 aliphatic carbocycles. The summed E-state index contributed by atoms with van der Waals surface area (Å²) in [6.45, 7) is 5.77. The van der Waals surface area contributed by atoms with Gasteiger partial charge in [0.15, 0.2) is 0 Å². The summed E-state index contributed by atoms with van der Waals surface area (Å²) < 4.78 is 9.72. The van der Waals surface area contributed by atoms with Gasteiger partial charge in [-0.15, -0.1) is 0 Å². The number of benzene rings is 1. The molecule has 0 saturated heterocycles. The molecular formula is C14H18O7. The smallest absolute Gasteiger partial charge is 0.496 e. The van der Waals surface area contributed by atoms with E-state index in [4.69, 9.17) is 9.47 Å². The van der Waals surface area contributed by atoms with E-state index >= 15 is 0 Å². The van der Waals surface area contributed by atoms with Gasteiger partial charge in [-0.2, -0.15) is 0 Å². The Morgan fingerprint density at radius 2 is 1.76 bits per heavy atom. The van der Waals surface area contributed by atoms with Gasteiger partial charge in [-0.1, -0.05) is 32.9 Å². The van der Waals surface area contributed by atoms with Crippen LogP contribution in [0.3, 0.4) is 0 Å². The van der Waals surface area contributed by atoms with E-state index in [0.29, 0.717) is 5.75 Å². The van der Waals surface area contributed by atoms with Crippen LogP contribution in [0.5, 0.6) is 5.75 Å². The Hall–Kier alpha value is -2.28. The van der Waals surface area contributed by atoms with Crippen molar-refractivity contribution in [2.24, 2.45) is 5.41 Å². The zero-order valence-corrected chi connectivity index (χ0v) is 12.4. The summed E-state index contributed by atoms with van der Waals surface area (Å²) in [5.74, 6) is -0.558. The molecule has 21 heavy (non-hydrogen) atoms. The molecule has 0 spiro atoms. The van der Waals surface area contributed by atoms with Crippen LogP contribution in [0.1, 0.15) is 31.1 Å². The maximum atomic E-state index is 11.7. The molecule has 0 fully saturated rings. The van der Waals surface area contributed by atoms with Crippen LogP contribution < -0.4 is 4.74 Å². The number of carbonyl (C=O) groups excluding carboxylic acids is 2. The minimum atomic E-state index is -1.10. The first kappa shape index (κ1) is 16.8. The van der Waals surface area contributed by atoms with E-state index in [1.165, 1.54) is 13.2 Å². The summed E-state index contributed by atoms with van der Waals surface area (Å²) in [5.41, 5.74) is -0.0840. The van der Waals surface area contributed by atoms with Crippen molar-refractivity contribution in [2.75, 3.05) is 13.7 Å². The number of hydrogen-bond donors (Lipinski definition) is 0. The first-order valence-corrected chi connectivity index (χ1v) is 6.19. The Morgan fingerprint density at radius 1 is 1.10 bits per heavy atom. The predicted octanol–water partition coefficient (Wildman–Crippen LogP) is 2.90. The summed E-state index contributed by atoms with van der Waals surface area (Å²) in [6, 6.07) is 6.37. The number of ether oxygens (including phenoxy) is 2. The minimum absolute atomic E-state index is 0.131. The van der Waals surface area contributed by atoms with Gasteiger partial charge in [0.1, 0.15) is 11.3 Å². The molecule has 0 unspecified atom stereocenters. The van der Waals surface area contributed by atoms with Crippen LogP contribution in [0.4, 0.5) is 4.79 Å². The Kier molecular flexibility index (Phi) is 5.98. The molecule has 1 rings (SSSR count). The highest BCUT2D eigenvalue weighted by molar-refractivity contribution is 5.92. The van der Waals surface area contributed by atoms with Crippen molar-refractivity contribution in [3.8, 4) is 5.75 Å². The Labute approximate surface area is 122 Å². The van der Waals surface area contributed by atoms with Crippen LogP contribution >= 0.6 is 0 Å². The largest absolute Gasteiger partial charge is 0.543 e. The van der Waals surface area contributed by atoms with Gasteiger partial charge < -0.3 is 9.47 Å². The molecule has 0 heterocycles. The van der Waals surface area contributed by atoms with E-state index in [-0.39, 0.29) is 17.6 Å². The number of hydrogen-bond acceptors (Lipinski definition) is 7. The third-order valence-corrected chi connectivity index (χ3v) is 2.16. The van der Waals surface area contributed by atoms with Crippen LogP contribution in [-0.4, -0.2) is 25.8 Å². The number of carbonyl (C=O) groups is 2. The Balaban J connectivity index is 2.38. The Morgan fingerprint density at radius 3 is 2.38 bits per heavy atom. The summed E-state index contributed by atoms with van der Waals surface area (Å²) in [5, 5.41) is 4.10. The van der Waals surface area contributed by atoms with Gasteiger partial charge in [0.25, 0.3) is 0 Å². The lowest BCUT2D eigenvalue weighted by molar-refractivity contribution is -0.452. The first-order chi connectivity index (χ1) is 9.83. The Bertz CT molecular complexity index is 490. The zero-order valence-electron chi connectivity index (χ0n) is 12.4. The van der Waals surface area contributed by atoms with Crippen LogP contribution in [0.2, 0.25) is 0 Å². The van der Waals surface area contributed by atoms with Gasteiger partial charge in [-0.3, -0.25) is 4.89 Å². The topological polar surface area (TPSA) is 80.3 Å². The monoisotopic (exact) mass is 298 g/mol. The standard InChI is InChI=1S/C14H18O7/c1-14(2,3)9-18-13(16)20-21-19-12(15)10-7-5-6-8-11(10)17-4/h5-8H,9H2,1-4H3. The van der Waals surface area contributed by atoms with Crippen molar-refractivity contribution in [1.29, 1.82) is 0 Å². The van der Waals surface area contributed by atoms with Crippen molar-refractivity contribution in [2.45, 2.75) is 20.8 Å². The molecule has 116 valence electrons. The van der Waals surface area contributed by atoms with E-state index in [1.807, 2.05) is 20.8 Å². The van der Waals surface area contributed by atoms with Gasteiger partial charge in [0, 0.05) is 0 Å². The maximum Gasteiger partial charge on any atom is 0.543 e. The maximum absolute atomic E-state index is 11.7. The number of methoxy groups -OCH3 is 1. The third-order valence-electron chi connectivity index (χ3n) is 2.16. The van der Waals surface area contributed by atoms with Crippen molar-refractivity contribution in [3.63, 3.8) is 0 Å². The molecule has 0 aliphatic rings. The average Bonchev–Trinajstić information content (AvgIpc) is 2.44. The highest BCUT2D eigenvalue weighted by Crippen LogP contribution is 2.18. The highest BCUT2D eigenvalue weighted by Gasteiger charge is 2.18. The van der Waals surface area contributed by atoms with Crippen LogP contribution in [0.15, 0.2) is 24.3 Å². The van der Waals surface area contributed by atoms with E-state index < -0.39 is 12.1 Å². The molecule has 0 radical (unpaired) electrons. The summed E-state index contributed by atoms with van der Waals surface area (Å²) in [6.07, 6.45) is -1.10. The SMILES string of the molecule is COc1ccccc1C(=O)OOOC(=O)OCC(C)(C)C.